The number of benzene rings is 2. The van der Waals surface area contributed by atoms with E-state index in [4.69, 9.17) is 4.74 Å². The van der Waals surface area contributed by atoms with Crippen LogP contribution in [-0.4, -0.2) is 17.5 Å². The summed E-state index contributed by atoms with van der Waals surface area (Å²) in [5.74, 6) is -2.89. The van der Waals surface area contributed by atoms with Gasteiger partial charge in [-0.15, -0.1) is 0 Å². The van der Waals surface area contributed by atoms with E-state index in [0.717, 1.165) is 24.3 Å². The largest absolute Gasteiger partial charge is 0.419 e. The van der Waals surface area contributed by atoms with Crippen LogP contribution in [0.4, 0.5) is 13.2 Å². The van der Waals surface area contributed by atoms with E-state index in [0.29, 0.717) is 6.07 Å². The predicted molar refractivity (Wildman–Crippen MR) is 80.0 cm³/mol. The van der Waals surface area contributed by atoms with Crippen molar-refractivity contribution < 1.29 is 32.3 Å². The van der Waals surface area contributed by atoms with Crippen molar-refractivity contribution in [1.29, 1.82) is 0 Å². The molecular formula is C18H9F3O4. The van der Waals surface area contributed by atoms with E-state index < -0.39 is 35.0 Å². The van der Waals surface area contributed by atoms with Crippen LogP contribution in [0, 0.1) is 0 Å². The number of ether oxygens (including phenoxy) is 1. The molecule has 25 heavy (non-hydrogen) atoms. The maximum Gasteiger partial charge on any atom is 0.416 e. The average molecular weight is 346 g/mol. The molecule has 0 atom stereocenters. The Morgan fingerprint density at radius 2 is 1.60 bits per heavy atom. The Morgan fingerprint density at radius 1 is 0.920 bits per heavy atom. The van der Waals surface area contributed by atoms with Gasteiger partial charge in [-0.05, 0) is 18.2 Å². The minimum Gasteiger partial charge on any atom is -0.419 e. The predicted octanol–water partition coefficient (Wildman–Crippen LogP) is 3.83. The number of carbonyl (C=O) groups excluding carboxylic acids is 3. The standard InChI is InChI=1S/C18H9F3O4/c19-18(20,21)11-5-3-4-10(8-11)17(24)25-15-9-14(22)12-6-1-2-7-13(12)16(15)23/h1-9H. The summed E-state index contributed by atoms with van der Waals surface area (Å²) in [5, 5.41) is 0. The maximum absolute atomic E-state index is 12.7. The number of fused-ring (bicyclic) bond motifs is 1. The van der Waals surface area contributed by atoms with Gasteiger partial charge in [-0.3, -0.25) is 9.59 Å². The summed E-state index contributed by atoms with van der Waals surface area (Å²) in [7, 11) is 0. The molecule has 3 rings (SSSR count). The Kier molecular flexibility index (Phi) is 4.00. The van der Waals surface area contributed by atoms with Crippen molar-refractivity contribution in [3.05, 3.63) is 82.6 Å². The maximum atomic E-state index is 12.7. The third-order valence-electron chi connectivity index (χ3n) is 3.55. The highest BCUT2D eigenvalue weighted by atomic mass is 19.4. The molecule has 0 aromatic heterocycles. The highest BCUT2D eigenvalue weighted by Gasteiger charge is 2.32. The van der Waals surface area contributed by atoms with E-state index in [1.165, 1.54) is 12.1 Å². The van der Waals surface area contributed by atoms with Crippen molar-refractivity contribution in [2.24, 2.45) is 0 Å². The van der Waals surface area contributed by atoms with Crippen LogP contribution in [0.5, 0.6) is 0 Å². The van der Waals surface area contributed by atoms with Gasteiger partial charge in [0.2, 0.25) is 5.78 Å². The van der Waals surface area contributed by atoms with E-state index >= 15 is 0 Å². The molecule has 2 aromatic carbocycles. The van der Waals surface area contributed by atoms with Gasteiger partial charge in [-0.25, -0.2) is 4.79 Å². The summed E-state index contributed by atoms with van der Waals surface area (Å²) < 4.78 is 43.0. The van der Waals surface area contributed by atoms with Crippen LogP contribution in [0.3, 0.4) is 0 Å². The number of hydrogen-bond acceptors (Lipinski definition) is 4. The number of allylic oxidation sites excluding steroid dienone is 2. The van der Waals surface area contributed by atoms with Crippen LogP contribution < -0.4 is 0 Å². The fraction of sp³-hybridized carbons (Fsp3) is 0.0556. The van der Waals surface area contributed by atoms with Gasteiger partial charge in [0, 0.05) is 17.2 Å². The number of esters is 1. The summed E-state index contributed by atoms with van der Waals surface area (Å²) in [5.41, 5.74) is -1.16. The molecule has 1 aliphatic carbocycles. The number of Topliss-reactive ketones (excluding diaryl/α,β-unsaturated/α-hetero) is 1. The Balaban J connectivity index is 1.87. The SMILES string of the molecule is O=C(OC1=CC(=O)c2ccccc2C1=O)c1cccc(C(F)(F)F)c1. The molecule has 126 valence electrons. The van der Waals surface area contributed by atoms with Crippen molar-refractivity contribution in [2.75, 3.05) is 0 Å². The molecular weight excluding hydrogens is 337 g/mol. The van der Waals surface area contributed by atoms with Crippen molar-refractivity contribution in [3.63, 3.8) is 0 Å². The van der Waals surface area contributed by atoms with E-state index in [1.54, 1.807) is 12.1 Å². The molecule has 0 unspecified atom stereocenters. The van der Waals surface area contributed by atoms with Gasteiger partial charge >= 0.3 is 12.1 Å². The first-order valence-corrected chi connectivity index (χ1v) is 7.06. The van der Waals surface area contributed by atoms with Crippen molar-refractivity contribution in [1.82, 2.24) is 0 Å². The first-order chi connectivity index (χ1) is 11.8. The topological polar surface area (TPSA) is 60.4 Å². The molecule has 0 amide bonds. The van der Waals surface area contributed by atoms with Gasteiger partial charge in [-0.1, -0.05) is 30.3 Å². The van der Waals surface area contributed by atoms with Crippen molar-refractivity contribution in [3.8, 4) is 0 Å². The van der Waals surface area contributed by atoms with E-state index in [1.807, 2.05) is 0 Å². The quantitative estimate of drug-likeness (QED) is 0.776. The summed E-state index contributed by atoms with van der Waals surface area (Å²) in [6, 6.07) is 9.59. The van der Waals surface area contributed by atoms with E-state index in [2.05, 4.69) is 0 Å². The third kappa shape index (κ3) is 3.21. The fourth-order valence-electron chi connectivity index (χ4n) is 2.35. The second-order valence-corrected chi connectivity index (χ2v) is 5.22. The lowest BCUT2D eigenvalue weighted by Crippen LogP contribution is -2.21. The zero-order valence-electron chi connectivity index (χ0n) is 12.5. The number of alkyl halides is 3. The molecule has 2 aromatic rings. The number of rotatable bonds is 2. The minimum absolute atomic E-state index is 0.0712. The molecule has 0 heterocycles. The second-order valence-electron chi connectivity index (χ2n) is 5.22. The number of carbonyl (C=O) groups is 3. The van der Waals surface area contributed by atoms with E-state index in [9.17, 15) is 27.6 Å². The molecule has 0 spiro atoms. The molecule has 0 radical (unpaired) electrons. The Labute approximate surface area is 139 Å². The zero-order valence-corrected chi connectivity index (χ0v) is 12.5. The van der Waals surface area contributed by atoms with Crippen LogP contribution in [0.25, 0.3) is 0 Å². The summed E-state index contributed by atoms with van der Waals surface area (Å²) >= 11 is 0. The summed E-state index contributed by atoms with van der Waals surface area (Å²) in [6.07, 6.45) is -3.76. The van der Waals surface area contributed by atoms with Crippen LogP contribution in [0.2, 0.25) is 0 Å². The number of hydrogen-bond donors (Lipinski definition) is 0. The first-order valence-electron chi connectivity index (χ1n) is 7.06. The summed E-state index contributed by atoms with van der Waals surface area (Å²) in [4.78, 5) is 36.3. The molecule has 0 saturated carbocycles. The van der Waals surface area contributed by atoms with Crippen LogP contribution in [0.1, 0.15) is 36.6 Å². The van der Waals surface area contributed by atoms with Gasteiger partial charge < -0.3 is 4.74 Å². The molecule has 4 nitrogen and oxygen atoms in total. The molecule has 0 bridgehead atoms. The highest BCUT2D eigenvalue weighted by molar-refractivity contribution is 6.24. The van der Waals surface area contributed by atoms with Crippen LogP contribution in [-0.2, 0) is 10.9 Å². The van der Waals surface area contributed by atoms with Crippen molar-refractivity contribution >= 4 is 17.5 Å². The lowest BCUT2D eigenvalue weighted by molar-refractivity contribution is -0.137. The van der Waals surface area contributed by atoms with Gasteiger partial charge in [0.05, 0.1) is 11.1 Å². The smallest absolute Gasteiger partial charge is 0.416 e. The van der Waals surface area contributed by atoms with Crippen LogP contribution >= 0.6 is 0 Å². The Bertz CT molecular complexity index is 926. The lowest BCUT2D eigenvalue weighted by Gasteiger charge is -2.15. The Morgan fingerprint density at radius 3 is 2.28 bits per heavy atom. The molecule has 0 aliphatic heterocycles. The first kappa shape index (κ1) is 16.6. The monoisotopic (exact) mass is 346 g/mol. The minimum atomic E-state index is -4.62. The molecule has 0 saturated heterocycles. The molecule has 0 N–H and O–H groups in total. The molecule has 0 fully saturated rings. The molecule has 1 aliphatic rings. The third-order valence-corrected chi connectivity index (χ3v) is 3.55. The second kappa shape index (κ2) is 6.01. The highest BCUT2D eigenvalue weighted by Crippen LogP contribution is 2.30. The average Bonchev–Trinajstić information content (AvgIpc) is 2.59. The van der Waals surface area contributed by atoms with E-state index in [-0.39, 0.29) is 16.7 Å². The number of halogens is 3. The Hall–Kier alpha value is -3.22. The normalized spacial score (nSPS) is 14.0. The lowest BCUT2D eigenvalue weighted by atomic mass is 9.94. The summed E-state index contributed by atoms with van der Waals surface area (Å²) in [6.45, 7) is 0. The van der Waals surface area contributed by atoms with Gasteiger partial charge in [-0.2, -0.15) is 13.2 Å². The zero-order chi connectivity index (χ0) is 18.2. The fourth-order valence-corrected chi connectivity index (χ4v) is 2.35. The number of ketones is 2. The molecule has 7 heteroatoms. The van der Waals surface area contributed by atoms with Crippen LogP contribution in [0.15, 0.2) is 60.4 Å². The van der Waals surface area contributed by atoms with Gasteiger partial charge in [0.15, 0.2) is 11.5 Å². The van der Waals surface area contributed by atoms with Gasteiger partial charge in [0.1, 0.15) is 0 Å². The van der Waals surface area contributed by atoms with Crippen molar-refractivity contribution in [2.45, 2.75) is 6.18 Å². The van der Waals surface area contributed by atoms with Gasteiger partial charge in [0.25, 0.3) is 0 Å².